The van der Waals surface area contributed by atoms with Gasteiger partial charge in [-0.1, -0.05) is 60.7 Å². The van der Waals surface area contributed by atoms with E-state index in [4.69, 9.17) is 9.47 Å². The lowest BCUT2D eigenvalue weighted by Crippen LogP contribution is -2.30. The predicted octanol–water partition coefficient (Wildman–Crippen LogP) is 8.20. The van der Waals surface area contributed by atoms with Crippen molar-refractivity contribution in [3.63, 3.8) is 0 Å². The van der Waals surface area contributed by atoms with Crippen LogP contribution in [0.1, 0.15) is 37.9 Å². The van der Waals surface area contributed by atoms with E-state index < -0.39 is 17.1 Å². The topological polar surface area (TPSA) is 106 Å². The van der Waals surface area contributed by atoms with Crippen molar-refractivity contribution in [2.45, 2.75) is 24.0 Å². The standard InChI is InChI=1S/C40H37N3O5S/c1-26-15-16-27(2)34(23-26)42-40(46)37(28-11-7-5-8-12-28)49-33-21-18-31(19-22-33)41-39(45)35(43-38(44)29-13-9-6-10-14-29)24-30-17-20-32(47-3)25-36(30)48-4/h5-25,37H,1-4H3,(H,41,45)(H,42,46)(H,43,44)/b35-24-. The fourth-order valence-corrected chi connectivity index (χ4v) is 5.98. The highest BCUT2D eigenvalue weighted by atomic mass is 32.2. The molecule has 5 aromatic carbocycles. The molecule has 0 aliphatic heterocycles. The Kier molecular flexibility index (Phi) is 11.5. The van der Waals surface area contributed by atoms with Crippen molar-refractivity contribution in [2.24, 2.45) is 0 Å². The number of carbonyl (C=O) groups is 3. The van der Waals surface area contributed by atoms with Crippen molar-refractivity contribution < 1.29 is 23.9 Å². The number of rotatable bonds is 12. The van der Waals surface area contributed by atoms with Crippen molar-refractivity contribution in [2.75, 3.05) is 24.9 Å². The van der Waals surface area contributed by atoms with Gasteiger partial charge < -0.3 is 25.4 Å². The van der Waals surface area contributed by atoms with Gasteiger partial charge in [0.1, 0.15) is 22.4 Å². The highest BCUT2D eigenvalue weighted by Crippen LogP contribution is 2.37. The first-order chi connectivity index (χ1) is 23.7. The largest absolute Gasteiger partial charge is 0.497 e. The van der Waals surface area contributed by atoms with Crippen LogP contribution < -0.4 is 25.4 Å². The lowest BCUT2D eigenvalue weighted by molar-refractivity contribution is -0.116. The number of carbonyl (C=O) groups excluding carboxylic acids is 3. The average Bonchev–Trinajstić information content (AvgIpc) is 3.13. The van der Waals surface area contributed by atoms with E-state index in [9.17, 15) is 14.4 Å². The second-order valence-corrected chi connectivity index (χ2v) is 12.4. The number of methoxy groups -OCH3 is 2. The fraction of sp³-hybridized carbons (Fsp3) is 0.125. The maximum absolute atomic E-state index is 13.7. The van der Waals surface area contributed by atoms with Gasteiger partial charge in [0.25, 0.3) is 11.8 Å². The third kappa shape index (κ3) is 9.18. The van der Waals surface area contributed by atoms with Crippen LogP contribution in [0.15, 0.2) is 132 Å². The number of nitrogens with one attached hydrogen (secondary N) is 3. The molecule has 0 heterocycles. The first-order valence-corrected chi connectivity index (χ1v) is 16.4. The Morgan fingerprint density at radius 3 is 2.10 bits per heavy atom. The van der Waals surface area contributed by atoms with Gasteiger partial charge in [0.15, 0.2) is 0 Å². The molecule has 49 heavy (non-hydrogen) atoms. The van der Waals surface area contributed by atoms with E-state index in [1.54, 1.807) is 67.8 Å². The second-order valence-electron chi connectivity index (χ2n) is 11.2. The van der Waals surface area contributed by atoms with Gasteiger partial charge in [0.2, 0.25) is 5.91 Å². The summed E-state index contributed by atoms with van der Waals surface area (Å²) in [5.74, 6) is -0.0526. The van der Waals surface area contributed by atoms with E-state index >= 15 is 0 Å². The van der Waals surface area contributed by atoms with Gasteiger partial charge in [-0.2, -0.15) is 0 Å². The maximum Gasteiger partial charge on any atom is 0.272 e. The Labute approximate surface area is 290 Å². The van der Waals surface area contributed by atoms with Crippen LogP contribution in [-0.2, 0) is 9.59 Å². The first-order valence-electron chi connectivity index (χ1n) is 15.6. The summed E-state index contributed by atoms with van der Waals surface area (Å²) >= 11 is 1.41. The SMILES string of the molecule is COc1ccc(/C=C(\NC(=O)c2ccccc2)C(=O)Nc2ccc(SC(C(=O)Nc3cc(C)ccc3C)c3ccccc3)cc2)c(OC)c1. The quantitative estimate of drug-likeness (QED) is 0.0913. The third-order valence-corrected chi connectivity index (χ3v) is 8.89. The maximum atomic E-state index is 13.7. The number of ether oxygens (including phenoxy) is 2. The molecule has 0 fully saturated rings. The molecule has 3 amide bonds. The zero-order valence-corrected chi connectivity index (χ0v) is 28.5. The molecule has 0 aliphatic carbocycles. The van der Waals surface area contributed by atoms with Crippen LogP contribution in [0.2, 0.25) is 0 Å². The summed E-state index contributed by atoms with van der Waals surface area (Å²) in [6.45, 7) is 3.96. The van der Waals surface area contributed by atoms with Crippen LogP contribution in [0, 0.1) is 13.8 Å². The van der Waals surface area contributed by atoms with Crippen LogP contribution in [0.5, 0.6) is 11.5 Å². The molecule has 9 heteroatoms. The third-order valence-electron chi connectivity index (χ3n) is 7.63. The number of hydrogen-bond donors (Lipinski definition) is 3. The molecule has 248 valence electrons. The van der Waals surface area contributed by atoms with Gasteiger partial charge in [-0.25, -0.2) is 0 Å². The Hall–Kier alpha value is -5.80. The number of aryl methyl sites for hydroxylation is 2. The van der Waals surface area contributed by atoms with E-state index in [0.717, 1.165) is 27.3 Å². The number of anilines is 2. The van der Waals surface area contributed by atoms with Crippen LogP contribution in [-0.4, -0.2) is 31.9 Å². The Morgan fingerprint density at radius 2 is 1.43 bits per heavy atom. The molecular weight excluding hydrogens is 635 g/mol. The summed E-state index contributed by atoms with van der Waals surface area (Å²) in [6.07, 6.45) is 1.55. The minimum atomic E-state index is -0.530. The molecule has 1 unspecified atom stereocenters. The zero-order chi connectivity index (χ0) is 34.8. The second kappa shape index (κ2) is 16.3. The van der Waals surface area contributed by atoms with Crippen molar-refractivity contribution in [3.8, 4) is 11.5 Å². The molecule has 5 rings (SSSR count). The molecular formula is C40H37N3O5S. The lowest BCUT2D eigenvalue weighted by Gasteiger charge is -2.18. The Bertz CT molecular complexity index is 1960. The first kappa shape index (κ1) is 34.5. The summed E-state index contributed by atoms with van der Waals surface area (Å²) in [5, 5.41) is 8.22. The molecule has 8 nitrogen and oxygen atoms in total. The molecule has 0 aromatic heterocycles. The average molecular weight is 672 g/mol. The molecule has 0 bridgehead atoms. The minimum Gasteiger partial charge on any atom is -0.497 e. The normalized spacial score (nSPS) is 11.6. The predicted molar refractivity (Wildman–Crippen MR) is 196 cm³/mol. The fourth-order valence-electron chi connectivity index (χ4n) is 4.96. The molecule has 1 atom stereocenters. The van der Waals surface area contributed by atoms with Crippen molar-refractivity contribution in [1.82, 2.24) is 5.32 Å². The van der Waals surface area contributed by atoms with Gasteiger partial charge in [-0.3, -0.25) is 14.4 Å². The van der Waals surface area contributed by atoms with Crippen molar-refractivity contribution in [1.29, 1.82) is 0 Å². The lowest BCUT2D eigenvalue weighted by atomic mass is 10.1. The van der Waals surface area contributed by atoms with E-state index in [0.29, 0.717) is 28.3 Å². The highest BCUT2D eigenvalue weighted by molar-refractivity contribution is 8.00. The van der Waals surface area contributed by atoms with E-state index in [2.05, 4.69) is 16.0 Å². The number of benzene rings is 5. The van der Waals surface area contributed by atoms with Crippen LogP contribution in [0.25, 0.3) is 6.08 Å². The van der Waals surface area contributed by atoms with Crippen LogP contribution in [0.3, 0.4) is 0 Å². The number of hydrogen-bond acceptors (Lipinski definition) is 6. The van der Waals surface area contributed by atoms with Gasteiger partial charge in [0, 0.05) is 33.5 Å². The van der Waals surface area contributed by atoms with Gasteiger partial charge in [-0.15, -0.1) is 11.8 Å². The summed E-state index contributed by atoms with van der Waals surface area (Å²) in [5.41, 5.74) is 5.18. The number of thioether (sulfide) groups is 1. The zero-order valence-electron chi connectivity index (χ0n) is 27.7. The Balaban J connectivity index is 1.36. The summed E-state index contributed by atoms with van der Waals surface area (Å²) in [7, 11) is 3.07. The van der Waals surface area contributed by atoms with Crippen molar-refractivity contribution >= 4 is 46.9 Å². The summed E-state index contributed by atoms with van der Waals surface area (Å²) in [4.78, 5) is 41.2. The van der Waals surface area contributed by atoms with Crippen LogP contribution in [0.4, 0.5) is 11.4 Å². The number of amides is 3. The van der Waals surface area contributed by atoms with Gasteiger partial charge in [0.05, 0.1) is 14.2 Å². The van der Waals surface area contributed by atoms with Gasteiger partial charge >= 0.3 is 0 Å². The van der Waals surface area contributed by atoms with Crippen LogP contribution >= 0.6 is 11.8 Å². The van der Waals surface area contributed by atoms with Crippen molar-refractivity contribution in [3.05, 3.63) is 155 Å². The smallest absolute Gasteiger partial charge is 0.272 e. The summed E-state index contributed by atoms with van der Waals surface area (Å²) < 4.78 is 10.8. The molecule has 0 radical (unpaired) electrons. The molecule has 0 saturated heterocycles. The van der Waals surface area contributed by atoms with E-state index in [1.165, 1.54) is 18.9 Å². The summed E-state index contributed by atoms with van der Waals surface area (Å²) in [6, 6.07) is 36.6. The van der Waals surface area contributed by atoms with E-state index in [1.807, 2.05) is 80.6 Å². The molecule has 0 aliphatic rings. The monoisotopic (exact) mass is 671 g/mol. The molecule has 5 aromatic rings. The van der Waals surface area contributed by atoms with Gasteiger partial charge in [-0.05, 0) is 91.2 Å². The van der Waals surface area contributed by atoms with E-state index in [-0.39, 0.29) is 11.6 Å². The molecule has 3 N–H and O–H groups in total. The molecule has 0 saturated carbocycles. The Morgan fingerprint density at radius 1 is 0.735 bits per heavy atom. The minimum absolute atomic E-state index is 0.0167. The molecule has 0 spiro atoms. The highest BCUT2D eigenvalue weighted by Gasteiger charge is 2.23.